The Morgan fingerprint density at radius 2 is 1.40 bits per heavy atom. The molecule has 0 amide bonds. The third kappa shape index (κ3) is 5.99. The van der Waals surface area contributed by atoms with E-state index in [1.54, 1.807) is 35.3 Å². The first-order valence-electron chi connectivity index (χ1n) is 13.5. The van der Waals surface area contributed by atoms with Gasteiger partial charge in [-0.25, -0.2) is 0 Å². The van der Waals surface area contributed by atoms with Crippen LogP contribution >= 0.6 is 23.1 Å². The lowest BCUT2D eigenvalue weighted by atomic mass is 9.84. The van der Waals surface area contributed by atoms with Crippen LogP contribution in [0.25, 0.3) is 21.4 Å². The Morgan fingerprint density at radius 3 is 1.98 bits per heavy atom. The molecule has 202 valence electrons. The zero-order valence-corrected chi connectivity index (χ0v) is 25.5. The number of Topliss-reactive ketones (excluding diaryl/α,β-unsaturated/α-hetero) is 1. The first kappa shape index (κ1) is 28.1. The van der Waals surface area contributed by atoms with Gasteiger partial charge in [0.2, 0.25) is 21.1 Å². The van der Waals surface area contributed by atoms with Crippen LogP contribution in [0.5, 0.6) is 0 Å². The van der Waals surface area contributed by atoms with Crippen LogP contribution in [0.1, 0.15) is 57.5 Å². The fourth-order valence-corrected chi connectivity index (χ4v) is 6.84. The highest BCUT2D eigenvalue weighted by atomic mass is 32.2. The van der Waals surface area contributed by atoms with Crippen LogP contribution in [-0.2, 0) is 10.2 Å². The third-order valence-corrected chi connectivity index (χ3v) is 9.87. The van der Waals surface area contributed by atoms with E-state index in [9.17, 15) is 9.90 Å². The van der Waals surface area contributed by atoms with Gasteiger partial charge in [-0.15, -0.1) is 0 Å². The summed E-state index contributed by atoms with van der Waals surface area (Å²) in [4.78, 5) is 17.9. The summed E-state index contributed by atoms with van der Waals surface area (Å²) in [6.07, 6.45) is 7.70. The summed E-state index contributed by atoms with van der Waals surface area (Å²) < 4.78 is 0. The number of carbonyl (C=O) groups excluding carboxylic acids is 1. The van der Waals surface area contributed by atoms with Gasteiger partial charge in [0.15, 0.2) is 5.78 Å². The fraction of sp³-hybridized carbons (Fsp3) is 0.222. The van der Waals surface area contributed by atoms with E-state index in [2.05, 4.69) is 90.1 Å². The molecule has 2 heterocycles. The number of thioether (sulfide) groups is 1. The average Bonchev–Trinajstić information content (AvgIpc) is 2.94. The van der Waals surface area contributed by atoms with Crippen molar-refractivity contribution in [2.24, 2.45) is 5.41 Å². The summed E-state index contributed by atoms with van der Waals surface area (Å²) in [5.74, 6) is -0.385. The smallest absolute Gasteiger partial charge is 0.238 e. The van der Waals surface area contributed by atoms with Gasteiger partial charge in [-0.3, -0.25) is 4.79 Å². The minimum Gasteiger partial charge on any atom is -0.871 e. The lowest BCUT2D eigenvalue weighted by Crippen LogP contribution is -2.29. The number of benzene rings is 2. The molecule has 0 atom stereocenters. The van der Waals surface area contributed by atoms with Gasteiger partial charge in [0, 0.05) is 39.2 Å². The Kier molecular flexibility index (Phi) is 7.60. The predicted octanol–water partition coefficient (Wildman–Crippen LogP) is 9.22. The van der Waals surface area contributed by atoms with Gasteiger partial charge in [0.25, 0.3) is 0 Å². The Labute approximate surface area is 246 Å². The molecule has 0 N–H and O–H groups in total. The van der Waals surface area contributed by atoms with Gasteiger partial charge >= 0.3 is 0 Å². The average molecular weight is 563 g/mol. The molecule has 0 bridgehead atoms. The number of ketones is 1. The molecule has 0 fully saturated rings. The number of carbonyl (C=O) groups is 1. The molecule has 2 aromatic carbocycles. The second kappa shape index (κ2) is 10.8. The van der Waals surface area contributed by atoms with Crippen molar-refractivity contribution in [3.8, 4) is 10.4 Å². The zero-order valence-electron chi connectivity index (χ0n) is 23.9. The lowest BCUT2D eigenvalue weighted by molar-refractivity contribution is -0.300. The van der Waals surface area contributed by atoms with Crippen molar-refractivity contribution in [2.45, 2.75) is 47.0 Å². The van der Waals surface area contributed by atoms with Crippen molar-refractivity contribution in [1.29, 1.82) is 0 Å². The summed E-state index contributed by atoms with van der Waals surface area (Å²) >= 11 is 3.49. The minimum absolute atomic E-state index is 0.0586. The maximum Gasteiger partial charge on any atom is 0.238 e. The van der Waals surface area contributed by atoms with E-state index in [1.165, 1.54) is 9.78 Å². The van der Waals surface area contributed by atoms with E-state index in [1.807, 2.05) is 36.4 Å². The molecule has 40 heavy (non-hydrogen) atoms. The van der Waals surface area contributed by atoms with Crippen LogP contribution in [0.2, 0.25) is 0 Å². The van der Waals surface area contributed by atoms with Gasteiger partial charge < -0.3 is 5.11 Å². The molecular formula is C36H34O2S2. The van der Waals surface area contributed by atoms with Crippen LogP contribution in [0.4, 0.5) is 0 Å². The first-order valence-corrected chi connectivity index (χ1v) is 15.1. The SMILES string of the molecule is CC(C)(C)C1=CC(=CC2=C([O-])C(=Cc3cc(-c4ccccc4)[s+]c(C(C)(C)C)c3)C2=O)C=C(c2ccccc2)S1. The monoisotopic (exact) mass is 562 g/mol. The summed E-state index contributed by atoms with van der Waals surface area (Å²) in [5.41, 5.74) is 4.38. The van der Waals surface area contributed by atoms with Gasteiger partial charge in [-0.1, -0.05) is 108 Å². The number of hydrogen-bond acceptors (Lipinski definition) is 3. The van der Waals surface area contributed by atoms with Crippen molar-refractivity contribution in [3.63, 3.8) is 0 Å². The van der Waals surface area contributed by atoms with E-state index < -0.39 is 0 Å². The molecule has 0 saturated carbocycles. The Hall–Kier alpha value is -3.47. The molecule has 5 rings (SSSR count). The van der Waals surface area contributed by atoms with Crippen LogP contribution in [0, 0.1) is 5.41 Å². The van der Waals surface area contributed by atoms with Crippen LogP contribution in [0.15, 0.2) is 118 Å². The predicted molar refractivity (Wildman–Crippen MR) is 171 cm³/mol. The minimum atomic E-state index is -0.192. The highest BCUT2D eigenvalue weighted by molar-refractivity contribution is 8.11. The zero-order chi connectivity index (χ0) is 28.7. The fourth-order valence-electron chi connectivity index (χ4n) is 4.47. The Balaban J connectivity index is 1.54. The van der Waals surface area contributed by atoms with E-state index in [0.717, 1.165) is 32.0 Å². The largest absolute Gasteiger partial charge is 0.871 e. The van der Waals surface area contributed by atoms with Crippen LogP contribution < -0.4 is 5.11 Å². The molecule has 4 heteroatoms. The molecule has 1 aromatic heterocycles. The third-order valence-electron chi connectivity index (χ3n) is 6.83. The highest BCUT2D eigenvalue weighted by Crippen LogP contribution is 2.47. The quantitative estimate of drug-likeness (QED) is 0.235. The normalized spacial score (nSPS) is 18.1. The maximum atomic E-state index is 13.3. The van der Waals surface area contributed by atoms with Crippen molar-refractivity contribution in [1.82, 2.24) is 0 Å². The summed E-state index contributed by atoms with van der Waals surface area (Å²) in [7, 11) is 0. The van der Waals surface area contributed by atoms with Gasteiger partial charge in [0.1, 0.15) is 0 Å². The van der Waals surface area contributed by atoms with E-state index >= 15 is 0 Å². The second-order valence-electron chi connectivity index (χ2n) is 12.2. The summed E-state index contributed by atoms with van der Waals surface area (Å²) in [6, 6.07) is 24.7. The summed E-state index contributed by atoms with van der Waals surface area (Å²) in [5, 5.41) is 13.3. The Bertz CT molecular complexity index is 1620. The number of allylic oxidation sites excluding steroid dienone is 7. The highest BCUT2D eigenvalue weighted by Gasteiger charge is 2.30. The second-order valence-corrected chi connectivity index (χ2v) is 14.4. The van der Waals surface area contributed by atoms with E-state index in [-0.39, 0.29) is 33.5 Å². The standard InChI is InChI=1S/C36H34O2S2/c1-35(2,3)31-21-23(19-29(39-31)25-13-9-7-10-14-25)17-27-33(37)28(34(27)38)18-24-20-30(26-15-11-8-12-16-26)40-32(22-24)36(4,5)6/h7-22H,1-6H3. The molecular weight excluding hydrogens is 529 g/mol. The van der Waals surface area contributed by atoms with Gasteiger partial charge in [-0.05, 0) is 63.5 Å². The molecule has 2 aliphatic rings. The molecule has 1 aliphatic heterocycles. The van der Waals surface area contributed by atoms with Gasteiger partial charge in [-0.2, -0.15) is 0 Å². The lowest BCUT2D eigenvalue weighted by Gasteiger charge is -2.30. The van der Waals surface area contributed by atoms with Crippen LogP contribution in [0.3, 0.4) is 0 Å². The Morgan fingerprint density at radius 1 is 0.775 bits per heavy atom. The van der Waals surface area contributed by atoms with E-state index in [0.29, 0.717) is 0 Å². The van der Waals surface area contributed by atoms with Crippen molar-refractivity contribution in [2.75, 3.05) is 0 Å². The van der Waals surface area contributed by atoms with Gasteiger partial charge in [0.05, 0.1) is 0 Å². The van der Waals surface area contributed by atoms with E-state index in [4.69, 9.17) is 0 Å². The van der Waals surface area contributed by atoms with Crippen molar-refractivity contribution >= 4 is 39.9 Å². The molecule has 0 radical (unpaired) electrons. The maximum absolute atomic E-state index is 13.3. The first-order chi connectivity index (χ1) is 18.9. The van der Waals surface area contributed by atoms with Crippen molar-refractivity contribution in [3.05, 3.63) is 134 Å². The number of rotatable bonds is 4. The van der Waals surface area contributed by atoms with Crippen LogP contribution in [-0.4, -0.2) is 5.78 Å². The molecule has 0 unspecified atom stereocenters. The topological polar surface area (TPSA) is 40.1 Å². The summed E-state index contributed by atoms with van der Waals surface area (Å²) in [6.45, 7) is 13.1. The van der Waals surface area contributed by atoms with Crippen molar-refractivity contribution < 1.29 is 9.90 Å². The molecule has 1 aliphatic carbocycles. The molecule has 3 aromatic rings. The molecule has 2 nitrogen and oxygen atoms in total. The molecule has 0 saturated heterocycles. The number of hydrogen-bond donors (Lipinski definition) is 0. The molecule has 0 spiro atoms.